The molecule has 1 fully saturated rings. The minimum atomic E-state index is -2.53. The maximum Gasteiger partial charge on any atom is 0.501 e. The predicted molar refractivity (Wildman–Crippen MR) is 100 cm³/mol. The van der Waals surface area contributed by atoms with Crippen LogP contribution in [0.4, 0.5) is 0 Å². The zero-order valence-corrected chi connectivity index (χ0v) is 17.9. The molecule has 0 atom stereocenters. The highest BCUT2D eigenvalue weighted by atomic mass is 28.4. The smallest absolute Gasteiger partial charge is 0.378 e. The van der Waals surface area contributed by atoms with Crippen LogP contribution in [0.1, 0.15) is 67.7 Å². The first-order valence-corrected chi connectivity index (χ1v) is 11.4. The molecule has 0 saturated carbocycles. The first-order valence-electron chi connectivity index (χ1n) is 9.50. The average Bonchev–Trinajstić information content (AvgIpc) is 2.41. The summed E-state index contributed by atoms with van der Waals surface area (Å²) in [7, 11) is -2.53. The number of hydrogen-bond acceptors (Lipinski definition) is 5. The first kappa shape index (κ1) is 22.1. The van der Waals surface area contributed by atoms with Crippen molar-refractivity contribution in [2.45, 2.75) is 91.0 Å². The molecule has 24 heavy (non-hydrogen) atoms. The lowest BCUT2D eigenvalue weighted by molar-refractivity contribution is -0.0231. The van der Waals surface area contributed by atoms with Crippen molar-refractivity contribution in [1.82, 2.24) is 5.32 Å². The molecule has 0 aromatic carbocycles. The molecule has 0 amide bonds. The number of ether oxygens (including phenoxy) is 1. The van der Waals surface area contributed by atoms with Gasteiger partial charge in [0.25, 0.3) is 0 Å². The number of hydrogen-bond donors (Lipinski definition) is 1. The van der Waals surface area contributed by atoms with Gasteiger partial charge in [-0.15, -0.1) is 0 Å². The SMILES string of the molecule is CCO[Si](CCCOC1CC(C)(C)NC(C)(C)C1)(OCC)OCC. The molecule has 1 heterocycles. The lowest BCUT2D eigenvalue weighted by Crippen LogP contribution is -2.59. The van der Waals surface area contributed by atoms with E-state index in [9.17, 15) is 0 Å². The second kappa shape index (κ2) is 9.64. The van der Waals surface area contributed by atoms with E-state index >= 15 is 0 Å². The normalized spacial score (nSPS) is 21.1. The molecule has 0 aromatic heterocycles. The van der Waals surface area contributed by atoms with E-state index in [1.807, 2.05) is 20.8 Å². The van der Waals surface area contributed by atoms with Crippen LogP contribution < -0.4 is 5.32 Å². The maximum atomic E-state index is 6.20. The van der Waals surface area contributed by atoms with Gasteiger partial charge >= 0.3 is 8.80 Å². The Morgan fingerprint density at radius 3 is 1.75 bits per heavy atom. The molecule has 0 bridgehead atoms. The lowest BCUT2D eigenvalue weighted by atomic mass is 9.81. The lowest BCUT2D eigenvalue weighted by Gasteiger charge is -2.46. The van der Waals surface area contributed by atoms with Gasteiger partial charge in [0.2, 0.25) is 0 Å². The summed E-state index contributed by atoms with van der Waals surface area (Å²) >= 11 is 0. The predicted octanol–water partition coefficient (Wildman–Crippen LogP) is 3.75. The van der Waals surface area contributed by atoms with Crippen molar-refractivity contribution in [2.24, 2.45) is 0 Å². The van der Waals surface area contributed by atoms with Gasteiger partial charge in [0.15, 0.2) is 0 Å². The quantitative estimate of drug-likeness (QED) is 0.449. The third-order valence-corrected chi connectivity index (χ3v) is 7.38. The maximum absolute atomic E-state index is 6.20. The van der Waals surface area contributed by atoms with Crippen molar-refractivity contribution >= 4 is 8.80 Å². The summed E-state index contributed by atoms with van der Waals surface area (Å²) in [5, 5.41) is 3.69. The van der Waals surface area contributed by atoms with E-state index in [2.05, 4.69) is 33.0 Å². The van der Waals surface area contributed by atoms with Gasteiger partial charge in [-0.05, 0) is 67.7 Å². The molecule has 1 aliphatic rings. The van der Waals surface area contributed by atoms with Crippen molar-refractivity contribution in [1.29, 1.82) is 0 Å². The summed E-state index contributed by atoms with van der Waals surface area (Å²) in [5.41, 5.74) is 0.236. The summed E-state index contributed by atoms with van der Waals surface area (Å²) < 4.78 is 23.9. The monoisotopic (exact) mass is 361 g/mol. The van der Waals surface area contributed by atoms with Crippen LogP contribution in [0.5, 0.6) is 0 Å². The van der Waals surface area contributed by atoms with E-state index in [-0.39, 0.29) is 11.1 Å². The van der Waals surface area contributed by atoms with Crippen LogP contribution in [0.25, 0.3) is 0 Å². The van der Waals surface area contributed by atoms with Crippen LogP contribution in [0.2, 0.25) is 6.04 Å². The highest BCUT2D eigenvalue weighted by Gasteiger charge is 2.40. The zero-order valence-electron chi connectivity index (χ0n) is 16.9. The van der Waals surface area contributed by atoms with Gasteiger partial charge in [0.1, 0.15) is 0 Å². The molecule has 1 N–H and O–H groups in total. The molecular weight excluding hydrogens is 322 g/mol. The Hall–Kier alpha value is 0.0169. The molecule has 6 heteroatoms. The number of nitrogens with one attached hydrogen (secondary N) is 1. The van der Waals surface area contributed by atoms with Crippen LogP contribution in [-0.4, -0.2) is 52.4 Å². The van der Waals surface area contributed by atoms with Gasteiger partial charge < -0.3 is 23.3 Å². The highest BCUT2D eigenvalue weighted by molar-refractivity contribution is 6.60. The zero-order chi connectivity index (χ0) is 18.3. The van der Waals surface area contributed by atoms with Crippen molar-refractivity contribution in [2.75, 3.05) is 26.4 Å². The Morgan fingerprint density at radius 2 is 1.33 bits per heavy atom. The fourth-order valence-electron chi connectivity index (χ4n) is 3.89. The van der Waals surface area contributed by atoms with Crippen molar-refractivity contribution < 1.29 is 18.0 Å². The van der Waals surface area contributed by atoms with Crippen LogP contribution in [-0.2, 0) is 18.0 Å². The third-order valence-electron chi connectivity index (χ3n) is 4.23. The summed E-state index contributed by atoms with van der Waals surface area (Å²) in [4.78, 5) is 0. The third kappa shape index (κ3) is 7.50. The number of piperidine rings is 1. The molecule has 0 aromatic rings. The topological polar surface area (TPSA) is 49.0 Å². The molecule has 1 rings (SSSR count). The van der Waals surface area contributed by atoms with E-state index in [0.717, 1.165) is 31.9 Å². The van der Waals surface area contributed by atoms with Crippen LogP contribution in [0.15, 0.2) is 0 Å². The van der Waals surface area contributed by atoms with Gasteiger partial charge in [0.05, 0.1) is 6.10 Å². The van der Waals surface area contributed by atoms with E-state index in [1.165, 1.54) is 0 Å². The average molecular weight is 362 g/mol. The minimum absolute atomic E-state index is 0.118. The Kier molecular flexibility index (Phi) is 8.86. The fraction of sp³-hybridized carbons (Fsp3) is 1.00. The highest BCUT2D eigenvalue weighted by Crippen LogP contribution is 2.30. The molecule has 0 aliphatic carbocycles. The molecule has 0 spiro atoms. The summed E-state index contributed by atoms with van der Waals surface area (Å²) in [6.45, 7) is 17.6. The Balaban J connectivity index is 2.47. The van der Waals surface area contributed by atoms with Crippen molar-refractivity contribution in [3.63, 3.8) is 0 Å². The summed E-state index contributed by atoms with van der Waals surface area (Å²) in [6.07, 6.45) is 3.30. The van der Waals surface area contributed by atoms with E-state index in [4.69, 9.17) is 18.0 Å². The van der Waals surface area contributed by atoms with Crippen molar-refractivity contribution in [3.05, 3.63) is 0 Å². The first-order chi connectivity index (χ1) is 11.2. The van der Waals surface area contributed by atoms with Crippen LogP contribution in [0, 0.1) is 0 Å². The van der Waals surface area contributed by atoms with Gasteiger partial charge in [-0.3, -0.25) is 0 Å². The summed E-state index contributed by atoms with van der Waals surface area (Å²) in [6, 6.07) is 0.820. The molecule has 0 unspecified atom stereocenters. The largest absolute Gasteiger partial charge is 0.501 e. The van der Waals surface area contributed by atoms with E-state index < -0.39 is 8.80 Å². The van der Waals surface area contributed by atoms with Gasteiger partial charge in [-0.25, -0.2) is 0 Å². The number of rotatable bonds is 11. The Labute approximate surface area is 150 Å². The molecule has 0 radical (unpaired) electrons. The minimum Gasteiger partial charge on any atom is -0.378 e. The molecular formula is C18H39NO4Si. The van der Waals surface area contributed by atoms with Gasteiger partial charge in [-0.1, -0.05) is 0 Å². The Morgan fingerprint density at radius 1 is 0.875 bits per heavy atom. The standard InChI is InChI=1S/C18H39NO4Si/c1-8-21-24(22-9-2,23-10-3)13-11-12-20-16-14-17(4,5)19-18(6,7)15-16/h16,19H,8-15H2,1-7H3. The molecule has 1 saturated heterocycles. The molecule has 144 valence electrons. The van der Waals surface area contributed by atoms with Gasteiger partial charge in [-0.2, -0.15) is 0 Å². The van der Waals surface area contributed by atoms with Gasteiger partial charge in [0, 0.05) is 43.5 Å². The summed E-state index contributed by atoms with van der Waals surface area (Å²) in [5.74, 6) is 0. The van der Waals surface area contributed by atoms with Crippen molar-refractivity contribution in [3.8, 4) is 0 Å². The second-order valence-corrected chi connectivity index (χ2v) is 10.6. The Bertz CT molecular complexity index is 330. The second-order valence-electron chi connectivity index (χ2n) is 7.88. The molecule has 5 nitrogen and oxygen atoms in total. The molecule has 1 aliphatic heterocycles. The van der Waals surface area contributed by atoms with Crippen LogP contribution >= 0.6 is 0 Å². The van der Waals surface area contributed by atoms with E-state index in [0.29, 0.717) is 25.9 Å². The van der Waals surface area contributed by atoms with Crippen LogP contribution in [0.3, 0.4) is 0 Å². The fourth-order valence-corrected chi connectivity index (χ4v) is 6.47. The van der Waals surface area contributed by atoms with E-state index in [1.54, 1.807) is 0 Å².